The van der Waals surface area contributed by atoms with E-state index in [0.29, 0.717) is 17.9 Å². The molecule has 0 aliphatic carbocycles. The van der Waals surface area contributed by atoms with Crippen molar-refractivity contribution in [2.45, 2.75) is 12.6 Å². The lowest BCUT2D eigenvalue weighted by Crippen LogP contribution is -2.44. The molecule has 0 amide bonds. The molecule has 1 aliphatic heterocycles. The maximum Gasteiger partial charge on any atom is 0.346 e. The molecule has 0 bridgehead atoms. The third kappa shape index (κ3) is 3.17. The molecule has 24 heavy (non-hydrogen) atoms. The van der Waals surface area contributed by atoms with E-state index in [4.69, 9.17) is 9.47 Å². The van der Waals surface area contributed by atoms with Gasteiger partial charge in [0.25, 0.3) is 0 Å². The second kappa shape index (κ2) is 6.62. The van der Waals surface area contributed by atoms with Crippen LogP contribution in [0.4, 0.5) is 5.69 Å². The van der Waals surface area contributed by atoms with Crippen LogP contribution in [0, 0.1) is 0 Å². The number of fused-ring (bicyclic) bond motifs is 1. The Labute approximate surface area is 139 Å². The lowest BCUT2D eigenvalue weighted by molar-refractivity contribution is -0.144. The van der Waals surface area contributed by atoms with Gasteiger partial charge in [0.05, 0.1) is 24.9 Å². The number of ether oxygens (including phenoxy) is 2. The highest BCUT2D eigenvalue weighted by Gasteiger charge is 2.31. The van der Waals surface area contributed by atoms with Crippen LogP contribution in [-0.2, 0) is 16.1 Å². The number of hydrogen-bond acceptors (Lipinski definition) is 5. The summed E-state index contributed by atoms with van der Waals surface area (Å²) in [5, 5.41) is 9.33. The second-order valence-corrected chi connectivity index (χ2v) is 5.48. The second-order valence-electron chi connectivity index (χ2n) is 5.48. The van der Waals surface area contributed by atoms with E-state index in [2.05, 4.69) is 0 Å². The SMILES string of the molecule is COC(=O)c1ccc2c(c1)OC(C(=O)O)CN2Cc1ccccc1. The predicted molar refractivity (Wildman–Crippen MR) is 87.3 cm³/mol. The van der Waals surface area contributed by atoms with Crippen molar-refractivity contribution in [3.8, 4) is 5.75 Å². The summed E-state index contributed by atoms with van der Waals surface area (Å²) < 4.78 is 10.2. The zero-order valence-corrected chi connectivity index (χ0v) is 13.1. The first-order valence-corrected chi connectivity index (χ1v) is 7.49. The van der Waals surface area contributed by atoms with E-state index in [0.717, 1.165) is 11.3 Å². The largest absolute Gasteiger partial charge is 0.478 e. The number of rotatable bonds is 4. The lowest BCUT2D eigenvalue weighted by Gasteiger charge is -2.34. The summed E-state index contributed by atoms with van der Waals surface area (Å²) in [6, 6.07) is 14.7. The van der Waals surface area contributed by atoms with Gasteiger partial charge in [0.2, 0.25) is 6.10 Å². The van der Waals surface area contributed by atoms with Gasteiger partial charge in [0.1, 0.15) is 5.75 Å². The van der Waals surface area contributed by atoms with Gasteiger partial charge < -0.3 is 19.5 Å². The molecule has 0 aromatic heterocycles. The van der Waals surface area contributed by atoms with Crippen molar-refractivity contribution in [1.82, 2.24) is 0 Å². The fourth-order valence-electron chi connectivity index (χ4n) is 2.69. The molecular formula is C18H17NO5. The lowest BCUT2D eigenvalue weighted by atomic mass is 10.1. The van der Waals surface area contributed by atoms with Gasteiger partial charge in [-0.1, -0.05) is 30.3 Å². The minimum atomic E-state index is -1.04. The normalized spacial score (nSPS) is 16.0. The van der Waals surface area contributed by atoms with Crippen molar-refractivity contribution in [2.24, 2.45) is 0 Å². The Morgan fingerprint density at radius 2 is 2.00 bits per heavy atom. The molecule has 0 radical (unpaired) electrons. The van der Waals surface area contributed by atoms with E-state index in [1.165, 1.54) is 13.2 Å². The Hall–Kier alpha value is -3.02. The number of aliphatic carboxylic acids is 1. The maximum absolute atomic E-state index is 11.7. The summed E-state index contributed by atoms with van der Waals surface area (Å²) in [4.78, 5) is 25.0. The number of carbonyl (C=O) groups excluding carboxylic acids is 1. The van der Waals surface area contributed by atoms with Crippen molar-refractivity contribution in [3.05, 3.63) is 59.7 Å². The fraction of sp³-hybridized carbons (Fsp3) is 0.222. The fourth-order valence-corrected chi connectivity index (χ4v) is 2.69. The van der Waals surface area contributed by atoms with Gasteiger partial charge in [-0.15, -0.1) is 0 Å². The molecule has 1 N–H and O–H groups in total. The van der Waals surface area contributed by atoms with Crippen LogP contribution in [0.15, 0.2) is 48.5 Å². The Balaban J connectivity index is 1.95. The summed E-state index contributed by atoms with van der Waals surface area (Å²) in [5.74, 6) is -1.16. The van der Waals surface area contributed by atoms with Crippen molar-refractivity contribution in [2.75, 3.05) is 18.6 Å². The molecule has 2 aromatic rings. The number of carbonyl (C=O) groups is 2. The van der Waals surface area contributed by atoms with E-state index in [-0.39, 0.29) is 6.54 Å². The molecule has 2 aromatic carbocycles. The molecule has 0 saturated carbocycles. The number of methoxy groups -OCH3 is 1. The number of carboxylic acid groups (broad SMARTS) is 1. The molecule has 1 aliphatic rings. The van der Waals surface area contributed by atoms with E-state index >= 15 is 0 Å². The molecule has 0 spiro atoms. The molecule has 0 fully saturated rings. The Morgan fingerprint density at radius 1 is 1.25 bits per heavy atom. The van der Waals surface area contributed by atoms with Crippen LogP contribution < -0.4 is 9.64 Å². The number of carboxylic acids is 1. The Kier molecular flexibility index (Phi) is 4.37. The number of nitrogens with zero attached hydrogens (tertiary/aromatic N) is 1. The Bertz CT molecular complexity index is 759. The van der Waals surface area contributed by atoms with Gasteiger partial charge in [-0.2, -0.15) is 0 Å². The summed E-state index contributed by atoms with van der Waals surface area (Å²) in [6.45, 7) is 0.785. The van der Waals surface area contributed by atoms with Gasteiger partial charge in [0, 0.05) is 6.54 Å². The first-order valence-electron chi connectivity index (χ1n) is 7.49. The zero-order chi connectivity index (χ0) is 17.1. The molecule has 1 atom stereocenters. The Morgan fingerprint density at radius 3 is 2.67 bits per heavy atom. The van der Waals surface area contributed by atoms with Gasteiger partial charge in [0.15, 0.2) is 0 Å². The van der Waals surface area contributed by atoms with E-state index in [1.54, 1.807) is 12.1 Å². The smallest absolute Gasteiger partial charge is 0.346 e. The minimum Gasteiger partial charge on any atom is -0.478 e. The number of esters is 1. The number of anilines is 1. The predicted octanol–water partition coefficient (Wildman–Crippen LogP) is 2.33. The molecule has 0 saturated heterocycles. The molecule has 3 rings (SSSR count). The highest BCUT2D eigenvalue weighted by atomic mass is 16.5. The van der Waals surface area contributed by atoms with Crippen LogP contribution in [-0.4, -0.2) is 36.8 Å². The molecule has 1 unspecified atom stereocenters. The third-order valence-electron chi connectivity index (χ3n) is 3.87. The minimum absolute atomic E-state index is 0.231. The summed E-state index contributed by atoms with van der Waals surface area (Å²) >= 11 is 0. The van der Waals surface area contributed by atoms with Crippen LogP contribution in [0.3, 0.4) is 0 Å². The zero-order valence-electron chi connectivity index (χ0n) is 13.1. The standard InChI is InChI=1S/C18H17NO5/c1-23-18(22)13-7-8-14-15(9-13)24-16(17(20)21)11-19(14)10-12-5-3-2-4-6-12/h2-9,16H,10-11H2,1H3,(H,20,21). The van der Waals surface area contributed by atoms with E-state index in [9.17, 15) is 14.7 Å². The van der Waals surface area contributed by atoms with Gasteiger partial charge in [-0.3, -0.25) is 0 Å². The highest BCUT2D eigenvalue weighted by molar-refractivity contribution is 5.91. The molecular weight excluding hydrogens is 310 g/mol. The molecule has 6 nitrogen and oxygen atoms in total. The average molecular weight is 327 g/mol. The van der Waals surface area contributed by atoms with Crippen LogP contribution in [0.1, 0.15) is 15.9 Å². The summed E-state index contributed by atoms with van der Waals surface area (Å²) in [6.07, 6.45) is -0.992. The van der Waals surface area contributed by atoms with Crippen molar-refractivity contribution in [1.29, 1.82) is 0 Å². The van der Waals surface area contributed by atoms with Gasteiger partial charge in [-0.05, 0) is 23.8 Å². The highest BCUT2D eigenvalue weighted by Crippen LogP contribution is 2.35. The first kappa shape index (κ1) is 15.9. The first-order chi connectivity index (χ1) is 11.6. The molecule has 124 valence electrons. The monoisotopic (exact) mass is 327 g/mol. The van der Waals surface area contributed by atoms with Crippen LogP contribution in [0.2, 0.25) is 0 Å². The molecule has 1 heterocycles. The van der Waals surface area contributed by atoms with Gasteiger partial charge >= 0.3 is 11.9 Å². The maximum atomic E-state index is 11.7. The van der Waals surface area contributed by atoms with Crippen LogP contribution in [0.5, 0.6) is 5.75 Å². The van der Waals surface area contributed by atoms with Crippen molar-refractivity contribution >= 4 is 17.6 Å². The van der Waals surface area contributed by atoms with Crippen LogP contribution >= 0.6 is 0 Å². The number of benzene rings is 2. The van der Waals surface area contributed by atoms with Crippen molar-refractivity contribution in [3.63, 3.8) is 0 Å². The quantitative estimate of drug-likeness (QED) is 0.869. The van der Waals surface area contributed by atoms with Crippen molar-refractivity contribution < 1.29 is 24.2 Å². The average Bonchev–Trinajstić information content (AvgIpc) is 2.61. The van der Waals surface area contributed by atoms with Gasteiger partial charge in [-0.25, -0.2) is 9.59 Å². The summed E-state index contributed by atoms with van der Waals surface area (Å²) in [7, 11) is 1.30. The van der Waals surface area contributed by atoms with E-state index in [1.807, 2.05) is 35.2 Å². The topological polar surface area (TPSA) is 76.1 Å². The molecule has 6 heteroatoms. The number of hydrogen-bond donors (Lipinski definition) is 1. The van der Waals surface area contributed by atoms with E-state index < -0.39 is 18.0 Å². The summed E-state index contributed by atoms with van der Waals surface area (Å²) in [5.41, 5.74) is 2.14. The third-order valence-corrected chi connectivity index (χ3v) is 3.87. The van der Waals surface area contributed by atoms with Crippen LogP contribution in [0.25, 0.3) is 0 Å².